The topological polar surface area (TPSA) is 79.2 Å². The number of anilines is 1. The second-order valence-corrected chi connectivity index (χ2v) is 4.86. The number of ether oxygens (including phenoxy) is 1. The summed E-state index contributed by atoms with van der Waals surface area (Å²) in [5.74, 6) is -2.00. The fourth-order valence-corrected chi connectivity index (χ4v) is 1.98. The van der Waals surface area contributed by atoms with Gasteiger partial charge in [-0.2, -0.15) is 18.4 Å². The molecule has 25 heavy (non-hydrogen) atoms. The van der Waals surface area contributed by atoms with Gasteiger partial charge in [-0.1, -0.05) is 18.2 Å². The summed E-state index contributed by atoms with van der Waals surface area (Å²) in [6.07, 6.45) is -4.71. The predicted octanol–water partition coefficient (Wildman–Crippen LogP) is 3.37. The van der Waals surface area contributed by atoms with Crippen LogP contribution in [-0.4, -0.2) is 18.5 Å². The maximum atomic E-state index is 12.9. The highest BCUT2D eigenvalue weighted by atomic mass is 19.4. The molecule has 0 aromatic heterocycles. The second-order valence-electron chi connectivity index (χ2n) is 4.86. The molecule has 2 aromatic carbocycles. The summed E-state index contributed by atoms with van der Waals surface area (Å²) in [4.78, 5) is 23.6. The number of hydrogen-bond acceptors (Lipinski definition) is 4. The number of amides is 1. The molecule has 0 saturated carbocycles. The van der Waals surface area contributed by atoms with Crippen LogP contribution in [0.25, 0.3) is 0 Å². The van der Waals surface area contributed by atoms with Crippen molar-refractivity contribution in [3.63, 3.8) is 0 Å². The zero-order chi connectivity index (χ0) is 18.4. The van der Waals surface area contributed by atoms with Crippen molar-refractivity contribution in [2.45, 2.75) is 6.18 Å². The lowest BCUT2D eigenvalue weighted by atomic mass is 10.1. The molecule has 0 radical (unpaired) electrons. The first-order valence-electron chi connectivity index (χ1n) is 6.94. The number of carbonyl (C=O) groups excluding carboxylic acids is 2. The molecule has 0 aliphatic heterocycles. The van der Waals surface area contributed by atoms with E-state index in [2.05, 4.69) is 10.1 Å². The lowest BCUT2D eigenvalue weighted by Crippen LogP contribution is -2.22. The average Bonchev–Trinajstić information content (AvgIpc) is 2.59. The molecule has 2 rings (SSSR count). The van der Waals surface area contributed by atoms with Gasteiger partial charge in [0.05, 0.1) is 22.8 Å². The van der Waals surface area contributed by atoms with Gasteiger partial charge in [-0.05, 0) is 30.3 Å². The number of esters is 1. The lowest BCUT2D eigenvalue weighted by Gasteiger charge is -2.12. The Kier molecular flexibility index (Phi) is 5.39. The summed E-state index contributed by atoms with van der Waals surface area (Å²) in [5.41, 5.74) is -1.19. The van der Waals surface area contributed by atoms with Gasteiger partial charge in [-0.3, -0.25) is 4.79 Å². The van der Waals surface area contributed by atoms with Crippen LogP contribution in [0.3, 0.4) is 0 Å². The molecule has 1 N–H and O–H groups in total. The normalized spacial score (nSPS) is 10.6. The van der Waals surface area contributed by atoms with Crippen LogP contribution in [0.1, 0.15) is 21.5 Å². The van der Waals surface area contributed by atoms with Crippen molar-refractivity contribution < 1.29 is 27.5 Å². The standard InChI is InChI=1S/C17H11F3N2O3/c18-17(19,20)14-7-2-1-6-13(14)16(24)25-10-15(23)22-12-5-3-4-11(8-12)9-21/h1-8H,10H2,(H,22,23). The Balaban J connectivity index is 2.01. The van der Waals surface area contributed by atoms with Gasteiger partial charge in [0.2, 0.25) is 0 Å². The van der Waals surface area contributed by atoms with E-state index in [1.807, 2.05) is 6.07 Å². The fraction of sp³-hybridized carbons (Fsp3) is 0.118. The van der Waals surface area contributed by atoms with Crippen LogP contribution < -0.4 is 5.32 Å². The van der Waals surface area contributed by atoms with Crippen LogP contribution in [0.4, 0.5) is 18.9 Å². The Morgan fingerprint density at radius 2 is 1.84 bits per heavy atom. The van der Waals surface area contributed by atoms with Crippen LogP contribution in [0.2, 0.25) is 0 Å². The van der Waals surface area contributed by atoms with Crippen molar-refractivity contribution in [1.29, 1.82) is 5.26 Å². The lowest BCUT2D eigenvalue weighted by molar-refractivity contribution is -0.138. The molecule has 8 heteroatoms. The number of nitriles is 1. The van der Waals surface area contributed by atoms with Crippen molar-refractivity contribution in [3.05, 3.63) is 65.2 Å². The summed E-state index contributed by atoms with van der Waals surface area (Å²) < 4.78 is 43.2. The third-order valence-corrected chi connectivity index (χ3v) is 3.06. The monoisotopic (exact) mass is 348 g/mol. The number of hydrogen-bond donors (Lipinski definition) is 1. The van der Waals surface area contributed by atoms with Crippen molar-refractivity contribution in [3.8, 4) is 6.07 Å². The molecule has 1 amide bonds. The Morgan fingerprint density at radius 1 is 1.12 bits per heavy atom. The fourth-order valence-electron chi connectivity index (χ4n) is 1.98. The summed E-state index contributed by atoms with van der Waals surface area (Å²) in [6, 6.07) is 12.0. The minimum Gasteiger partial charge on any atom is -0.452 e. The van der Waals surface area contributed by atoms with E-state index in [0.29, 0.717) is 11.3 Å². The van der Waals surface area contributed by atoms with Crippen molar-refractivity contribution in [2.24, 2.45) is 0 Å². The Hall–Kier alpha value is -3.34. The highest BCUT2D eigenvalue weighted by Gasteiger charge is 2.35. The van der Waals surface area contributed by atoms with Gasteiger partial charge in [-0.25, -0.2) is 4.79 Å². The first kappa shape index (κ1) is 18.0. The van der Waals surface area contributed by atoms with Gasteiger partial charge in [0.25, 0.3) is 5.91 Å². The first-order chi connectivity index (χ1) is 11.8. The smallest absolute Gasteiger partial charge is 0.417 e. The Labute approximate surface area is 140 Å². The van der Waals surface area contributed by atoms with E-state index in [1.165, 1.54) is 24.3 Å². The second kappa shape index (κ2) is 7.49. The maximum absolute atomic E-state index is 12.9. The minimum absolute atomic E-state index is 0.302. The van der Waals surface area contributed by atoms with Crippen LogP contribution in [0.15, 0.2) is 48.5 Å². The third-order valence-electron chi connectivity index (χ3n) is 3.06. The quantitative estimate of drug-likeness (QED) is 0.859. The van der Waals surface area contributed by atoms with Crippen LogP contribution in [-0.2, 0) is 15.7 Å². The summed E-state index contributed by atoms with van der Waals surface area (Å²) in [7, 11) is 0. The van der Waals surface area contributed by atoms with E-state index in [0.717, 1.165) is 18.2 Å². The molecule has 128 valence electrons. The molecule has 2 aromatic rings. The summed E-state index contributed by atoms with van der Waals surface area (Å²) in [6.45, 7) is -0.762. The number of carbonyl (C=O) groups is 2. The first-order valence-corrected chi connectivity index (χ1v) is 6.94. The minimum atomic E-state index is -4.71. The molecule has 0 atom stereocenters. The van der Waals surface area contributed by atoms with E-state index in [4.69, 9.17) is 5.26 Å². The molecule has 5 nitrogen and oxygen atoms in total. The molecule has 0 aliphatic rings. The van der Waals surface area contributed by atoms with E-state index in [1.54, 1.807) is 6.07 Å². The zero-order valence-electron chi connectivity index (χ0n) is 12.6. The third kappa shape index (κ3) is 4.81. The highest BCUT2D eigenvalue weighted by Crippen LogP contribution is 2.32. The number of benzene rings is 2. The van der Waals surface area contributed by atoms with Crippen LogP contribution in [0, 0.1) is 11.3 Å². The largest absolute Gasteiger partial charge is 0.452 e. The van der Waals surface area contributed by atoms with Gasteiger partial charge in [0.1, 0.15) is 0 Å². The zero-order valence-corrected chi connectivity index (χ0v) is 12.6. The SMILES string of the molecule is N#Cc1cccc(NC(=O)COC(=O)c2ccccc2C(F)(F)F)c1. The van der Waals surface area contributed by atoms with Crippen molar-refractivity contribution >= 4 is 17.6 Å². The maximum Gasteiger partial charge on any atom is 0.417 e. The average molecular weight is 348 g/mol. The van der Waals surface area contributed by atoms with E-state index in [-0.39, 0.29) is 0 Å². The highest BCUT2D eigenvalue weighted by molar-refractivity contribution is 5.96. The Bertz CT molecular complexity index is 842. The predicted molar refractivity (Wildman–Crippen MR) is 81.5 cm³/mol. The van der Waals surface area contributed by atoms with Gasteiger partial charge < -0.3 is 10.1 Å². The van der Waals surface area contributed by atoms with E-state index < -0.39 is 35.8 Å². The summed E-state index contributed by atoms with van der Waals surface area (Å²) in [5, 5.41) is 11.1. The molecule has 0 fully saturated rings. The van der Waals surface area contributed by atoms with Gasteiger partial charge in [-0.15, -0.1) is 0 Å². The molecule has 0 bridgehead atoms. The van der Waals surface area contributed by atoms with Gasteiger partial charge in [0, 0.05) is 5.69 Å². The molecular weight excluding hydrogens is 337 g/mol. The molecule has 0 unspecified atom stereocenters. The number of rotatable bonds is 4. The van der Waals surface area contributed by atoms with Crippen LogP contribution in [0.5, 0.6) is 0 Å². The van der Waals surface area contributed by atoms with Gasteiger partial charge >= 0.3 is 12.1 Å². The van der Waals surface area contributed by atoms with Crippen LogP contribution >= 0.6 is 0 Å². The summed E-state index contributed by atoms with van der Waals surface area (Å²) >= 11 is 0. The number of alkyl halides is 3. The molecule has 0 heterocycles. The van der Waals surface area contributed by atoms with E-state index >= 15 is 0 Å². The van der Waals surface area contributed by atoms with Crippen molar-refractivity contribution in [1.82, 2.24) is 0 Å². The Morgan fingerprint density at radius 3 is 2.52 bits per heavy atom. The molecular formula is C17H11F3N2O3. The van der Waals surface area contributed by atoms with E-state index in [9.17, 15) is 22.8 Å². The van der Waals surface area contributed by atoms with Crippen molar-refractivity contribution in [2.75, 3.05) is 11.9 Å². The number of nitrogens with one attached hydrogen (secondary N) is 1. The molecule has 0 spiro atoms. The number of nitrogens with zero attached hydrogens (tertiary/aromatic N) is 1. The van der Waals surface area contributed by atoms with Gasteiger partial charge in [0.15, 0.2) is 6.61 Å². The number of halogens is 3. The molecule has 0 saturated heterocycles. The molecule has 0 aliphatic carbocycles.